The summed E-state index contributed by atoms with van der Waals surface area (Å²) in [7, 11) is 0. The topological polar surface area (TPSA) is 41.5 Å². The molecule has 0 fully saturated rings. The molecule has 3 nitrogen and oxygen atoms in total. The van der Waals surface area contributed by atoms with Crippen LogP contribution < -0.4 is 5.43 Å². The van der Waals surface area contributed by atoms with E-state index in [0.717, 1.165) is 16.7 Å². The summed E-state index contributed by atoms with van der Waals surface area (Å²) in [6.45, 7) is 1.84. The molecular weight excluding hydrogens is 332 g/mol. The van der Waals surface area contributed by atoms with Crippen LogP contribution in [0.4, 0.5) is 0 Å². The standard InChI is InChI=1S/C21H17ClN2O/c1-15(16-11-13-20(22)14-12-16)23-24-21(25)19-9-7-18(8-10-19)17-5-3-2-4-6-17/h2-14H,1H3,(H,24,25)/b23-15-. The van der Waals surface area contributed by atoms with Crippen molar-refractivity contribution >= 4 is 23.2 Å². The summed E-state index contributed by atoms with van der Waals surface area (Å²) in [6.07, 6.45) is 0. The second kappa shape index (κ2) is 7.77. The Bertz CT molecular complexity index is 885. The third kappa shape index (κ3) is 4.34. The van der Waals surface area contributed by atoms with Gasteiger partial charge in [-0.15, -0.1) is 0 Å². The quantitative estimate of drug-likeness (QED) is 0.513. The molecule has 0 aliphatic heterocycles. The smallest absolute Gasteiger partial charge is 0.267 e. The molecule has 0 saturated carbocycles. The number of hydrazone groups is 1. The maximum Gasteiger partial charge on any atom is 0.271 e. The number of benzene rings is 3. The summed E-state index contributed by atoms with van der Waals surface area (Å²) in [6, 6.07) is 24.8. The van der Waals surface area contributed by atoms with Gasteiger partial charge in [-0.3, -0.25) is 4.79 Å². The van der Waals surface area contributed by atoms with E-state index in [1.807, 2.05) is 61.5 Å². The Hall–Kier alpha value is -2.91. The normalized spacial score (nSPS) is 11.2. The van der Waals surface area contributed by atoms with Gasteiger partial charge in [-0.25, -0.2) is 5.43 Å². The molecule has 0 unspecified atom stereocenters. The molecule has 3 aromatic rings. The van der Waals surface area contributed by atoms with Gasteiger partial charge in [-0.2, -0.15) is 5.10 Å². The van der Waals surface area contributed by atoms with E-state index in [1.54, 1.807) is 24.3 Å². The molecule has 0 aliphatic carbocycles. The lowest BCUT2D eigenvalue weighted by Crippen LogP contribution is -2.19. The number of halogens is 1. The highest BCUT2D eigenvalue weighted by atomic mass is 35.5. The largest absolute Gasteiger partial charge is 0.271 e. The number of nitrogens with one attached hydrogen (secondary N) is 1. The average molecular weight is 349 g/mol. The Morgan fingerprint density at radius 1 is 0.800 bits per heavy atom. The number of hydrogen-bond acceptors (Lipinski definition) is 2. The number of rotatable bonds is 4. The van der Waals surface area contributed by atoms with Crippen LogP contribution in [0.5, 0.6) is 0 Å². The van der Waals surface area contributed by atoms with Gasteiger partial charge in [0, 0.05) is 10.6 Å². The van der Waals surface area contributed by atoms with Crippen LogP contribution in [0.25, 0.3) is 11.1 Å². The Labute approximate surface area is 152 Å². The van der Waals surface area contributed by atoms with E-state index in [2.05, 4.69) is 10.5 Å². The van der Waals surface area contributed by atoms with E-state index < -0.39 is 0 Å². The monoisotopic (exact) mass is 348 g/mol. The van der Waals surface area contributed by atoms with E-state index in [9.17, 15) is 4.79 Å². The molecule has 4 heteroatoms. The van der Waals surface area contributed by atoms with Crippen LogP contribution in [0.15, 0.2) is 84.0 Å². The molecule has 0 atom stereocenters. The first-order valence-electron chi connectivity index (χ1n) is 7.89. The van der Waals surface area contributed by atoms with E-state index in [-0.39, 0.29) is 5.91 Å². The molecule has 0 bridgehead atoms. The second-order valence-corrected chi connectivity index (χ2v) is 6.02. The van der Waals surface area contributed by atoms with Gasteiger partial charge in [-0.05, 0) is 47.9 Å². The van der Waals surface area contributed by atoms with Gasteiger partial charge in [0.05, 0.1) is 5.71 Å². The van der Waals surface area contributed by atoms with Gasteiger partial charge in [-0.1, -0.05) is 66.2 Å². The van der Waals surface area contributed by atoms with Crippen molar-refractivity contribution in [3.63, 3.8) is 0 Å². The predicted octanol–water partition coefficient (Wildman–Crippen LogP) is 5.16. The molecule has 0 radical (unpaired) electrons. The summed E-state index contributed by atoms with van der Waals surface area (Å²) >= 11 is 5.87. The van der Waals surface area contributed by atoms with Gasteiger partial charge in [0.15, 0.2) is 0 Å². The molecule has 1 N–H and O–H groups in total. The Morgan fingerprint density at radius 3 is 2.00 bits per heavy atom. The second-order valence-electron chi connectivity index (χ2n) is 5.59. The van der Waals surface area contributed by atoms with E-state index in [4.69, 9.17) is 11.6 Å². The molecule has 0 aromatic heterocycles. The Kier molecular flexibility index (Phi) is 5.26. The minimum absolute atomic E-state index is 0.243. The van der Waals surface area contributed by atoms with Crippen molar-refractivity contribution in [3.05, 3.63) is 95.0 Å². The van der Waals surface area contributed by atoms with Crippen molar-refractivity contribution in [2.45, 2.75) is 6.92 Å². The van der Waals surface area contributed by atoms with Crippen LogP contribution in [0.1, 0.15) is 22.8 Å². The molecule has 0 heterocycles. The highest BCUT2D eigenvalue weighted by Gasteiger charge is 2.06. The SMILES string of the molecule is C/C(=N/NC(=O)c1ccc(-c2ccccc2)cc1)c1ccc(Cl)cc1. The van der Waals surface area contributed by atoms with Gasteiger partial charge >= 0.3 is 0 Å². The summed E-state index contributed by atoms with van der Waals surface area (Å²) in [5, 5.41) is 4.82. The number of carbonyl (C=O) groups is 1. The number of hydrogen-bond donors (Lipinski definition) is 1. The van der Waals surface area contributed by atoms with Crippen LogP contribution in [0, 0.1) is 0 Å². The molecular formula is C21H17ClN2O. The Balaban J connectivity index is 1.69. The minimum atomic E-state index is -0.243. The maximum absolute atomic E-state index is 12.2. The van der Waals surface area contributed by atoms with Gasteiger partial charge in [0.2, 0.25) is 0 Å². The van der Waals surface area contributed by atoms with Crippen molar-refractivity contribution in [1.29, 1.82) is 0 Å². The fourth-order valence-electron chi connectivity index (χ4n) is 2.40. The van der Waals surface area contributed by atoms with E-state index in [1.165, 1.54) is 0 Å². The minimum Gasteiger partial charge on any atom is -0.267 e. The summed E-state index contributed by atoms with van der Waals surface area (Å²) in [5.41, 5.74) is 6.95. The third-order valence-corrected chi connectivity index (χ3v) is 4.09. The number of carbonyl (C=O) groups excluding carboxylic acids is 1. The molecule has 3 aromatic carbocycles. The van der Waals surface area contributed by atoms with Crippen molar-refractivity contribution < 1.29 is 4.79 Å². The zero-order chi connectivity index (χ0) is 17.6. The van der Waals surface area contributed by atoms with Crippen LogP contribution in [0.3, 0.4) is 0 Å². The maximum atomic E-state index is 12.2. The van der Waals surface area contributed by atoms with Crippen LogP contribution in [0.2, 0.25) is 5.02 Å². The summed E-state index contributed by atoms with van der Waals surface area (Å²) in [5.74, 6) is -0.243. The first-order chi connectivity index (χ1) is 12.1. The lowest BCUT2D eigenvalue weighted by Gasteiger charge is -2.05. The van der Waals surface area contributed by atoms with Gasteiger partial charge in [0.25, 0.3) is 5.91 Å². The van der Waals surface area contributed by atoms with E-state index >= 15 is 0 Å². The third-order valence-electron chi connectivity index (χ3n) is 3.84. The van der Waals surface area contributed by atoms with Gasteiger partial charge < -0.3 is 0 Å². The van der Waals surface area contributed by atoms with Crippen LogP contribution in [-0.4, -0.2) is 11.6 Å². The summed E-state index contributed by atoms with van der Waals surface area (Å²) in [4.78, 5) is 12.2. The average Bonchev–Trinajstić information content (AvgIpc) is 2.67. The van der Waals surface area contributed by atoms with E-state index in [0.29, 0.717) is 16.3 Å². The molecule has 25 heavy (non-hydrogen) atoms. The zero-order valence-electron chi connectivity index (χ0n) is 13.7. The molecule has 0 aliphatic rings. The van der Waals surface area contributed by atoms with Crippen molar-refractivity contribution in [2.75, 3.05) is 0 Å². The Morgan fingerprint density at radius 2 is 1.36 bits per heavy atom. The number of amides is 1. The molecule has 0 spiro atoms. The van der Waals surface area contributed by atoms with Crippen molar-refractivity contribution in [2.24, 2.45) is 5.10 Å². The zero-order valence-corrected chi connectivity index (χ0v) is 14.5. The first-order valence-corrected chi connectivity index (χ1v) is 8.27. The first kappa shape index (κ1) is 16.9. The fraction of sp³-hybridized carbons (Fsp3) is 0.0476. The van der Waals surface area contributed by atoms with Gasteiger partial charge in [0.1, 0.15) is 0 Å². The highest BCUT2D eigenvalue weighted by Crippen LogP contribution is 2.19. The van der Waals surface area contributed by atoms with Crippen molar-refractivity contribution in [3.8, 4) is 11.1 Å². The molecule has 124 valence electrons. The number of nitrogens with zero attached hydrogens (tertiary/aromatic N) is 1. The van der Waals surface area contributed by atoms with Crippen LogP contribution in [-0.2, 0) is 0 Å². The summed E-state index contributed by atoms with van der Waals surface area (Å²) < 4.78 is 0. The predicted molar refractivity (Wildman–Crippen MR) is 103 cm³/mol. The molecule has 1 amide bonds. The van der Waals surface area contributed by atoms with Crippen LogP contribution >= 0.6 is 11.6 Å². The molecule has 3 rings (SSSR count). The molecule has 0 saturated heterocycles. The lowest BCUT2D eigenvalue weighted by molar-refractivity contribution is 0.0955. The van der Waals surface area contributed by atoms with Crippen molar-refractivity contribution in [1.82, 2.24) is 5.43 Å². The highest BCUT2D eigenvalue weighted by molar-refractivity contribution is 6.30. The lowest BCUT2D eigenvalue weighted by atomic mass is 10.0. The fourth-order valence-corrected chi connectivity index (χ4v) is 2.53.